The van der Waals surface area contributed by atoms with E-state index >= 15 is 0 Å². The minimum atomic E-state index is -0.486. The molecular formula is C30H59N3O5. The summed E-state index contributed by atoms with van der Waals surface area (Å²) in [6, 6.07) is 0. The van der Waals surface area contributed by atoms with E-state index in [0.717, 1.165) is 32.5 Å². The monoisotopic (exact) mass is 541 g/mol. The van der Waals surface area contributed by atoms with Crippen LogP contribution in [0.15, 0.2) is 0 Å². The van der Waals surface area contributed by atoms with E-state index in [1.165, 1.54) is 110 Å². The topological polar surface area (TPSA) is 89.1 Å². The van der Waals surface area contributed by atoms with Gasteiger partial charge in [0.25, 0.3) is 0 Å². The van der Waals surface area contributed by atoms with Gasteiger partial charge in [-0.1, -0.05) is 103 Å². The molecule has 224 valence electrons. The third-order valence-corrected chi connectivity index (χ3v) is 7.33. The number of rotatable bonds is 25. The Hall–Kier alpha value is -1.54. The molecular weight excluding hydrogens is 482 g/mol. The first-order valence-corrected chi connectivity index (χ1v) is 15.7. The first-order valence-electron chi connectivity index (χ1n) is 15.7. The van der Waals surface area contributed by atoms with E-state index in [0.29, 0.717) is 13.1 Å². The van der Waals surface area contributed by atoms with Gasteiger partial charge in [0, 0.05) is 26.7 Å². The van der Waals surface area contributed by atoms with Crippen LogP contribution in [0.5, 0.6) is 0 Å². The second-order valence-corrected chi connectivity index (χ2v) is 10.8. The summed E-state index contributed by atoms with van der Waals surface area (Å²) in [4.78, 5) is 26.1. The average molecular weight is 542 g/mol. The predicted octanol–water partition coefficient (Wildman–Crippen LogP) is 6.81. The number of hydrogen-bond donors (Lipinski definition) is 2. The first kappa shape index (κ1) is 34.5. The fraction of sp³-hybridized carbons (Fsp3) is 0.933. The molecule has 0 aromatic heterocycles. The van der Waals surface area contributed by atoms with Gasteiger partial charge in [0.2, 0.25) is 0 Å². The number of alkyl carbamates (subject to hydrolysis) is 2. The number of nitrogens with one attached hydrogen (secondary N) is 2. The van der Waals surface area contributed by atoms with Crippen LogP contribution in [0.3, 0.4) is 0 Å². The number of amides is 2. The zero-order chi connectivity index (χ0) is 27.5. The fourth-order valence-electron chi connectivity index (χ4n) is 4.81. The average Bonchev–Trinajstić information content (AvgIpc) is 3.44. The maximum absolute atomic E-state index is 11.9. The molecule has 1 rings (SSSR count). The Labute approximate surface area is 233 Å². The van der Waals surface area contributed by atoms with Crippen LogP contribution in [-0.4, -0.2) is 76.2 Å². The molecule has 1 fully saturated rings. The quantitative estimate of drug-likeness (QED) is 0.123. The number of methoxy groups -OCH3 is 1. The van der Waals surface area contributed by atoms with Gasteiger partial charge in [0.05, 0.1) is 0 Å². The number of unbranched alkanes of at least 4 members (excludes halogenated alkanes) is 15. The number of likely N-dealkylation sites (tertiary alicyclic amines) is 1. The molecule has 0 spiro atoms. The van der Waals surface area contributed by atoms with Crippen molar-refractivity contribution in [2.75, 3.05) is 53.0 Å². The summed E-state index contributed by atoms with van der Waals surface area (Å²) >= 11 is 0. The molecule has 1 aliphatic heterocycles. The lowest BCUT2D eigenvalue weighted by Crippen LogP contribution is -2.36. The van der Waals surface area contributed by atoms with Gasteiger partial charge in [-0.2, -0.15) is 0 Å². The molecule has 1 unspecified atom stereocenters. The summed E-state index contributed by atoms with van der Waals surface area (Å²) in [5.74, 6) is 0. The largest absolute Gasteiger partial charge is 0.447 e. The first-order chi connectivity index (χ1) is 18.7. The molecule has 0 aromatic rings. The van der Waals surface area contributed by atoms with E-state index in [4.69, 9.17) is 14.2 Å². The summed E-state index contributed by atoms with van der Waals surface area (Å²) in [5.41, 5.74) is 0. The molecule has 2 amide bonds. The second-order valence-electron chi connectivity index (χ2n) is 10.8. The molecule has 0 aliphatic carbocycles. The molecule has 2 N–H and O–H groups in total. The lowest BCUT2D eigenvalue weighted by molar-refractivity contribution is -0.00450. The van der Waals surface area contributed by atoms with Gasteiger partial charge in [-0.25, -0.2) is 9.59 Å². The number of carbonyl (C=O) groups excluding carboxylic acids is 2. The summed E-state index contributed by atoms with van der Waals surface area (Å²) in [6.45, 7) is 6.57. The molecule has 38 heavy (non-hydrogen) atoms. The molecule has 0 radical (unpaired) electrons. The van der Waals surface area contributed by atoms with Crippen molar-refractivity contribution < 1.29 is 23.8 Å². The Balaban J connectivity index is 1.84. The standard InChI is InChI=1S/C30H59N3O5/c1-3-4-5-6-7-8-9-10-11-12-13-14-15-16-17-18-21-31-29(34)37-26-28(36-2)27-38-30(35)32-22-25-33-23-19-20-24-33/h28H,3-27H2,1-2H3,(H,31,34)(H,32,35). The minimum absolute atomic E-state index is 0.0401. The lowest BCUT2D eigenvalue weighted by Gasteiger charge is -2.17. The van der Waals surface area contributed by atoms with E-state index in [1.807, 2.05) is 0 Å². The molecule has 1 atom stereocenters. The van der Waals surface area contributed by atoms with Crippen LogP contribution in [0.25, 0.3) is 0 Å². The van der Waals surface area contributed by atoms with E-state index in [-0.39, 0.29) is 13.2 Å². The van der Waals surface area contributed by atoms with Crippen LogP contribution >= 0.6 is 0 Å². The number of nitrogens with zero attached hydrogens (tertiary/aromatic N) is 1. The Morgan fingerprint density at radius 3 is 1.53 bits per heavy atom. The van der Waals surface area contributed by atoms with E-state index in [1.54, 1.807) is 0 Å². The lowest BCUT2D eigenvalue weighted by atomic mass is 10.0. The Kier molecular flexibility index (Phi) is 23.3. The number of carbonyl (C=O) groups is 2. The fourth-order valence-corrected chi connectivity index (χ4v) is 4.81. The van der Waals surface area contributed by atoms with E-state index < -0.39 is 18.3 Å². The molecule has 1 saturated heterocycles. The summed E-state index contributed by atoms with van der Waals surface area (Å²) in [7, 11) is 1.51. The Morgan fingerprint density at radius 1 is 0.658 bits per heavy atom. The SMILES string of the molecule is CCCCCCCCCCCCCCCCCCNC(=O)OCC(COC(=O)NCCN1CCCC1)OC. The van der Waals surface area contributed by atoms with Crippen LogP contribution in [-0.2, 0) is 14.2 Å². The maximum atomic E-state index is 11.9. The third kappa shape index (κ3) is 21.4. The van der Waals surface area contributed by atoms with Crippen LogP contribution < -0.4 is 10.6 Å². The molecule has 0 bridgehead atoms. The van der Waals surface area contributed by atoms with Gasteiger partial charge in [-0.15, -0.1) is 0 Å². The van der Waals surface area contributed by atoms with Crippen molar-refractivity contribution in [2.45, 2.75) is 129 Å². The molecule has 0 saturated carbocycles. The molecule has 1 aliphatic rings. The predicted molar refractivity (Wildman–Crippen MR) is 155 cm³/mol. The molecule has 8 heteroatoms. The molecule has 8 nitrogen and oxygen atoms in total. The van der Waals surface area contributed by atoms with Crippen molar-refractivity contribution in [1.29, 1.82) is 0 Å². The van der Waals surface area contributed by atoms with E-state index in [2.05, 4.69) is 22.5 Å². The van der Waals surface area contributed by atoms with Crippen LogP contribution in [0.4, 0.5) is 9.59 Å². The Bertz CT molecular complexity index is 558. The summed E-state index contributed by atoms with van der Waals surface area (Å²) < 4.78 is 15.7. The summed E-state index contributed by atoms with van der Waals surface area (Å²) in [6.07, 6.45) is 22.3. The number of hydrogen-bond acceptors (Lipinski definition) is 6. The summed E-state index contributed by atoms with van der Waals surface area (Å²) in [5, 5.41) is 5.54. The van der Waals surface area contributed by atoms with Gasteiger partial charge in [-0.05, 0) is 32.4 Å². The van der Waals surface area contributed by atoms with Gasteiger partial charge >= 0.3 is 12.2 Å². The maximum Gasteiger partial charge on any atom is 0.407 e. The van der Waals surface area contributed by atoms with Crippen molar-refractivity contribution >= 4 is 12.2 Å². The van der Waals surface area contributed by atoms with Gasteiger partial charge in [0.1, 0.15) is 19.3 Å². The number of ether oxygens (including phenoxy) is 3. The van der Waals surface area contributed by atoms with Gasteiger partial charge < -0.3 is 29.7 Å². The third-order valence-electron chi connectivity index (χ3n) is 7.33. The normalized spacial score (nSPS) is 14.4. The van der Waals surface area contributed by atoms with Crippen molar-refractivity contribution in [2.24, 2.45) is 0 Å². The van der Waals surface area contributed by atoms with Crippen molar-refractivity contribution in [3.63, 3.8) is 0 Å². The molecule has 1 heterocycles. The van der Waals surface area contributed by atoms with Crippen LogP contribution in [0, 0.1) is 0 Å². The smallest absolute Gasteiger partial charge is 0.407 e. The highest BCUT2D eigenvalue weighted by atomic mass is 16.6. The highest BCUT2D eigenvalue weighted by molar-refractivity contribution is 5.67. The van der Waals surface area contributed by atoms with Crippen molar-refractivity contribution in [1.82, 2.24) is 15.5 Å². The van der Waals surface area contributed by atoms with E-state index in [9.17, 15) is 9.59 Å². The van der Waals surface area contributed by atoms with Crippen molar-refractivity contribution in [3.8, 4) is 0 Å². The minimum Gasteiger partial charge on any atom is -0.447 e. The highest BCUT2D eigenvalue weighted by Gasteiger charge is 2.15. The van der Waals surface area contributed by atoms with Gasteiger partial charge in [-0.3, -0.25) is 0 Å². The van der Waals surface area contributed by atoms with Gasteiger partial charge in [0.15, 0.2) is 0 Å². The highest BCUT2D eigenvalue weighted by Crippen LogP contribution is 2.13. The zero-order valence-electron chi connectivity index (χ0n) is 24.7. The van der Waals surface area contributed by atoms with Crippen molar-refractivity contribution in [3.05, 3.63) is 0 Å². The zero-order valence-corrected chi connectivity index (χ0v) is 24.7. The Morgan fingerprint density at radius 2 is 1.08 bits per heavy atom. The molecule has 0 aromatic carbocycles. The van der Waals surface area contributed by atoms with Crippen LogP contribution in [0.1, 0.15) is 122 Å². The van der Waals surface area contributed by atoms with Crippen LogP contribution in [0.2, 0.25) is 0 Å². The second kappa shape index (κ2) is 25.7.